The summed E-state index contributed by atoms with van der Waals surface area (Å²) in [5.74, 6) is 1.37. The molecule has 2 aliphatic heterocycles. The summed E-state index contributed by atoms with van der Waals surface area (Å²) in [6.45, 7) is 12.7. The number of hydrogen-bond acceptors (Lipinski definition) is 10. The number of aliphatic hydroxyl groups is 1. The molecule has 4 rings (SSSR count). The largest absolute Gasteiger partial charge is 0.506 e. The molecular weight excluding hydrogens is 550 g/mol. The van der Waals surface area contributed by atoms with Crippen molar-refractivity contribution in [3.63, 3.8) is 0 Å². The lowest BCUT2D eigenvalue weighted by molar-refractivity contribution is -0.125. The van der Waals surface area contributed by atoms with Crippen molar-refractivity contribution in [2.24, 2.45) is 12.0 Å². The minimum absolute atomic E-state index is 0.0336. The maximum absolute atomic E-state index is 13.1. The van der Waals surface area contributed by atoms with Crippen LogP contribution in [-0.2, 0) is 27.9 Å². The van der Waals surface area contributed by atoms with E-state index in [0.29, 0.717) is 67.9 Å². The van der Waals surface area contributed by atoms with Crippen LogP contribution in [0.25, 0.3) is 11.4 Å². The van der Waals surface area contributed by atoms with Crippen molar-refractivity contribution in [2.45, 2.75) is 47.0 Å². The van der Waals surface area contributed by atoms with Gasteiger partial charge in [-0.3, -0.25) is 9.59 Å². The van der Waals surface area contributed by atoms with E-state index in [-0.39, 0.29) is 17.4 Å². The van der Waals surface area contributed by atoms with E-state index >= 15 is 0 Å². The molecule has 12 heteroatoms. The van der Waals surface area contributed by atoms with Gasteiger partial charge in [-0.1, -0.05) is 25.6 Å². The number of aliphatic hydroxyl groups excluding tert-OH is 1. The fourth-order valence-corrected chi connectivity index (χ4v) is 4.82. The van der Waals surface area contributed by atoms with E-state index in [1.165, 1.54) is 13.1 Å². The summed E-state index contributed by atoms with van der Waals surface area (Å²) in [7, 11) is 1.80. The highest BCUT2D eigenvalue weighted by Crippen LogP contribution is 2.35. The molecule has 12 nitrogen and oxygen atoms in total. The lowest BCUT2D eigenvalue weighted by atomic mass is 10.0. The van der Waals surface area contributed by atoms with Crippen molar-refractivity contribution in [2.75, 3.05) is 38.1 Å². The highest BCUT2D eigenvalue weighted by atomic mass is 16.5. The Morgan fingerprint density at radius 3 is 2.47 bits per heavy atom. The third kappa shape index (κ3) is 7.76. The number of aldehydes is 2. The Bertz CT molecular complexity index is 1430. The first kappa shape index (κ1) is 32.8. The van der Waals surface area contributed by atoms with Crippen LogP contribution in [0.5, 0.6) is 5.75 Å². The number of benzene rings is 1. The van der Waals surface area contributed by atoms with Crippen molar-refractivity contribution in [1.29, 1.82) is 0 Å². The summed E-state index contributed by atoms with van der Waals surface area (Å²) < 4.78 is 7.60. The van der Waals surface area contributed by atoms with Gasteiger partial charge in [-0.05, 0) is 57.2 Å². The molecule has 0 radical (unpaired) electrons. The van der Waals surface area contributed by atoms with Crippen LogP contribution in [-0.4, -0.2) is 86.6 Å². The zero-order valence-corrected chi connectivity index (χ0v) is 25.6. The first-order valence-corrected chi connectivity index (χ1v) is 14.3. The molecule has 0 saturated carbocycles. The second-order valence-corrected chi connectivity index (χ2v) is 10.1. The summed E-state index contributed by atoms with van der Waals surface area (Å²) in [6.07, 6.45) is 5.34. The summed E-state index contributed by atoms with van der Waals surface area (Å²) in [6, 6.07) is 6.02. The van der Waals surface area contributed by atoms with Gasteiger partial charge >= 0.3 is 0 Å². The first-order chi connectivity index (χ1) is 20.7. The summed E-state index contributed by atoms with van der Waals surface area (Å²) in [4.78, 5) is 46.5. The fourth-order valence-electron chi connectivity index (χ4n) is 4.82. The maximum Gasteiger partial charge on any atom is 0.276 e. The highest BCUT2D eigenvalue weighted by molar-refractivity contribution is 6.44. The number of ether oxygens (including phenoxy) is 1. The Kier molecular flexibility index (Phi) is 11.8. The summed E-state index contributed by atoms with van der Waals surface area (Å²) in [5, 5.41) is 18.3. The van der Waals surface area contributed by atoms with E-state index in [0.717, 1.165) is 42.3 Å². The number of aromatic nitrogens is 3. The first-order valence-electron chi connectivity index (χ1n) is 14.3. The Labute approximate surface area is 252 Å². The minimum atomic E-state index is -0.373. The van der Waals surface area contributed by atoms with Gasteiger partial charge in [0.25, 0.3) is 5.91 Å². The molecule has 1 fully saturated rings. The molecule has 0 bridgehead atoms. The van der Waals surface area contributed by atoms with Gasteiger partial charge in [0, 0.05) is 45.1 Å². The van der Waals surface area contributed by atoms with Crippen LogP contribution in [0.15, 0.2) is 58.7 Å². The average molecular weight is 592 g/mol. The van der Waals surface area contributed by atoms with Gasteiger partial charge in [-0.2, -0.15) is 4.98 Å². The number of aryl methyl sites for hydroxylation is 2. The third-order valence-corrected chi connectivity index (χ3v) is 7.00. The molecule has 3 heterocycles. The number of aliphatic imine (C=N–C) groups is 1. The molecule has 43 heavy (non-hydrogen) atoms. The number of allylic oxidation sites excluding steroid dienone is 3. The number of nitrogens with zero attached hydrogens (tertiary/aromatic N) is 6. The zero-order valence-electron chi connectivity index (χ0n) is 25.6. The normalized spacial score (nSPS) is 15.1. The quantitative estimate of drug-likeness (QED) is 0.193. The van der Waals surface area contributed by atoms with Crippen LogP contribution in [0.4, 0.5) is 5.95 Å². The van der Waals surface area contributed by atoms with Crippen molar-refractivity contribution in [1.82, 2.24) is 24.6 Å². The molecule has 1 amide bonds. The van der Waals surface area contributed by atoms with Gasteiger partial charge in [0.15, 0.2) is 17.8 Å². The van der Waals surface area contributed by atoms with Crippen LogP contribution < -0.4 is 10.1 Å². The molecule has 2 N–H and O–H groups in total. The molecule has 230 valence electrons. The van der Waals surface area contributed by atoms with E-state index in [1.54, 1.807) is 30.5 Å². The monoisotopic (exact) mass is 591 g/mol. The molecule has 0 spiro atoms. The summed E-state index contributed by atoms with van der Waals surface area (Å²) in [5.41, 5.74) is 3.76. The van der Waals surface area contributed by atoms with Crippen molar-refractivity contribution in [3.8, 4) is 17.1 Å². The van der Waals surface area contributed by atoms with Crippen molar-refractivity contribution < 1.29 is 24.2 Å². The van der Waals surface area contributed by atoms with Crippen molar-refractivity contribution in [3.05, 3.63) is 59.3 Å². The molecule has 2 aromatic rings. The Morgan fingerprint density at radius 2 is 1.86 bits per heavy atom. The number of piperazine rings is 1. The Hall–Kier alpha value is -4.74. The van der Waals surface area contributed by atoms with E-state index in [9.17, 15) is 14.7 Å². The van der Waals surface area contributed by atoms with E-state index in [4.69, 9.17) is 14.5 Å². The Morgan fingerprint density at radius 1 is 1.19 bits per heavy atom. The van der Waals surface area contributed by atoms with Gasteiger partial charge in [-0.15, -0.1) is 5.10 Å². The number of carbonyl (C=O) groups excluding carboxylic acids is 3. The second kappa shape index (κ2) is 15.5. The molecular formula is C31H41N7O5. The standard InChI is InChI=1S/C29H37N7O4.C2H4O/c1-6-22(31-29-32-27(33-34(29)5)21-12-8-10-20-11-9-17-40-26(20)21)23(18-37)35-13-15-36(16-14-35)28(39)24(30-7-2)25(38)19(3)4;1-2-3/h7-8,10,12,18,38H,2,6,9,11,13-17H2,1,3-5H3,(H,31,32,33);2H,1H3/b23-22+,30-24?;. The topological polar surface area (TPSA) is 142 Å². The summed E-state index contributed by atoms with van der Waals surface area (Å²) >= 11 is 0. The predicted molar refractivity (Wildman–Crippen MR) is 166 cm³/mol. The number of nitrogens with one attached hydrogen (secondary N) is 1. The van der Waals surface area contributed by atoms with Gasteiger partial charge in [0.2, 0.25) is 5.95 Å². The highest BCUT2D eigenvalue weighted by Gasteiger charge is 2.28. The predicted octanol–water partition coefficient (Wildman–Crippen LogP) is 3.83. The lowest BCUT2D eigenvalue weighted by Gasteiger charge is -2.36. The van der Waals surface area contributed by atoms with Gasteiger partial charge < -0.3 is 29.8 Å². The van der Waals surface area contributed by atoms with E-state index < -0.39 is 0 Å². The number of para-hydroxylation sites is 1. The van der Waals surface area contributed by atoms with Gasteiger partial charge in [-0.25, -0.2) is 9.67 Å². The number of rotatable bonds is 9. The van der Waals surface area contributed by atoms with Crippen LogP contribution in [0.2, 0.25) is 0 Å². The fraction of sp³-hybridized carbons (Fsp3) is 0.419. The van der Waals surface area contributed by atoms with Crippen LogP contribution in [0.3, 0.4) is 0 Å². The minimum Gasteiger partial charge on any atom is -0.506 e. The second-order valence-electron chi connectivity index (χ2n) is 10.1. The van der Waals surface area contributed by atoms with E-state index in [1.807, 2.05) is 24.0 Å². The molecule has 1 aromatic carbocycles. The molecule has 1 saturated heterocycles. The zero-order chi connectivity index (χ0) is 31.5. The SMILES string of the molecule is C=CN=C(C(=O)N1CCN(/C(C=O)=C(\CC)Nc2nc(-c3cccc4c3OCCC4)nn2C)CC1)C(O)=C(C)C.CC=O. The average Bonchev–Trinajstić information content (AvgIpc) is 3.38. The van der Waals surface area contributed by atoms with Crippen LogP contribution >= 0.6 is 0 Å². The number of anilines is 1. The van der Waals surface area contributed by atoms with Crippen LogP contribution in [0.1, 0.15) is 46.1 Å². The molecule has 2 aliphatic rings. The van der Waals surface area contributed by atoms with Gasteiger partial charge in [0.05, 0.1) is 17.9 Å². The lowest BCUT2D eigenvalue weighted by Crippen LogP contribution is -2.51. The number of hydrogen-bond donors (Lipinski definition) is 2. The van der Waals surface area contributed by atoms with Crippen molar-refractivity contribution >= 4 is 30.1 Å². The number of amides is 1. The number of carbonyl (C=O) groups is 3. The Balaban J connectivity index is 0.00000162. The molecule has 0 atom stereocenters. The smallest absolute Gasteiger partial charge is 0.276 e. The maximum atomic E-state index is 13.1. The van der Waals surface area contributed by atoms with Gasteiger partial charge in [0.1, 0.15) is 17.8 Å². The van der Waals surface area contributed by atoms with E-state index in [2.05, 4.69) is 28.1 Å². The molecule has 0 aliphatic carbocycles. The van der Waals surface area contributed by atoms with Crippen LogP contribution in [0, 0.1) is 0 Å². The number of fused-ring (bicyclic) bond motifs is 1. The molecule has 1 aromatic heterocycles. The molecule has 0 unspecified atom stereocenters. The third-order valence-electron chi connectivity index (χ3n) is 7.00.